The zero-order chi connectivity index (χ0) is 13.5. The number of nitrogens with one attached hydrogen (secondary N) is 1. The zero-order valence-electron chi connectivity index (χ0n) is 11.6. The van der Waals surface area contributed by atoms with Crippen LogP contribution in [0.25, 0.3) is 0 Å². The van der Waals surface area contributed by atoms with E-state index in [1.165, 1.54) is 0 Å². The second-order valence-electron chi connectivity index (χ2n) is 4.61. The molecule has 5 nitrogen and oxygen atoms in total. The number of carbonyl (C=O) groups is 1. The molecule has 0 saturated heterocycles. The molecule has 1 rings (SSSR count). The number of esters is 1. The molecule has 18 heavy (non-hydrogen) atoms. The molecule has 0 spiro atoms. The van der Waals surface area contributed by atoms with Crippen LogP contribution >= 0.6 is 0 Å². The van der Waals surface area contributed by atoms with Gasteiger partial charge in [-0.25, -0.2) is 0 Å². The number of rotatable bonds is 7. The Balaban J connectivity index is 2.55. The molecule has 0 aliphatic heterocycles. The van der Waals surface area contributed by atoms with Gasteiger partial charge in [0.1, 0.15) is 6.04 Å². The van der Waals surface area contributed by atoms with Crippen molar-refractivity contribution < 1.29 is 9.53 Å². The van der Waals surface area contributed by atoms with Gasteiger partial charge < -0.3 is 10.1 Å². The van der Waals surface area contributed by atoms with Crippen molar-refractivity contribution in [2.24, 2.45) is 0 Å². The summed E-state index contributed by atoms with van der Waals surface area (Å²) in [6.07, 6.45) is 2.45. The van der Waals surface area contributed by atoms with Gasteiger partial charge in [-0.15, -0.1) is 0 Å². The number of nitrogens with zero attached hydrogens (tertiary/aromatic N) is 2. The molecule has 1 aromatic rings. The van der Waals surface area contributed by atoms with Crippen molar-refractivity contribution in [3.63, 3.8) is 0 Å². The first-order valence-electron chi connectivity index (χ1n) is 6.45. The fourth-order valence-electron chi connectivity index (χ4n) is 1.80. The van der Waals surface area contributed by atoms with Gasteiger partial charge in [-0.3, -0.25) is 9.48 Å². The van der Waals surface area contributed by atoms with Crippen LogP contribution in [-0.4, -0.2) is 34.4 Å². The fraction of sp³-hybridized carbons (Fsp3) is 0.692. The van der Waals surface area contributed by atoms with E-state index in [1.54, 1.807) is 6.20 Å². The van der Waals surface area contributed by atoms with Gasteiger partial charge in [0.05, 0.1) is 6.61 Å². The third kappa shape index (κ3) is 4.49. The molecule has 5 heteroatoms. The van der Waals surface area contributed by atoms with Gasteiger partial charge in [0.25, 0.3) is 0 Å². The average Bonchev–Trinajstić information content (AvgIpc) is 2.70. The van der Waals surface area contributed by atoms with Gasteiger partial charge in [-0.2, -0.15) is 5.10 Å². The van der Waals surface area contributed by atoms with E-state index >= 15 is 0 Å². The third-order valence-electron chi connectivity index (χ3n) is 2.66. The molecule has 1 atom stereocenters. The van der Waals surface area contributed by atoms with Crippen LogP contribution in [0.15, 0.2) is 12.3 Å². The van der Waals surface area contributed by atoms with E-state index in [9.17, 15) is 4.79 Å². The fourth-order valence-corrected chi connectivity index (χ4v) is 1.80. The van der Waals surface area contributed by atoms with Crippen molar-refractivity contribution in [3.8, 4) is 0 Å². The van der Waals surface area contributed by atoms with E-state index in [0.717, 1.165) is 5.69 Å². The molecular formula is C13H23N3O2. The molecule has 1 aromatic heterocycles. The summed E-state index contributed by atoms with van der Waals surface area (Å²) in [7, 11) is 0. The Morgan fingerprint density at radius 3 is 2.78 bits per heavy atom. The first kappa shape index (κ1) is 14.7. The molecule has 0 fully saturated rings. The van der Waals surface area contributed by atoms with Crippen molar-refractivity contribution in [2.45, 2.75) is 52.7 Å². The second-order valence-corrected chi connectivity index (χ2v) is 4.61. The van der Waals surface area contributed by atoms with Crippen molar-refractivity contribution >= 4 is 5.97 Å². The molecule has 0 bridgehead atoms. The minimum Gasteiger partial charge on any atom is -0.465 e. The monoisotopic (exact) mass is 253 g/mol. The van der Waals surface area contributed by atoms with E-state index in [2.05, 4.69) is 10.4 Å². The van der Waals surface area contributed by atoms with Crippen molar-refractivity contribution in [1.82, 2.24) is 15.1 Å². The highest BCUT2D eigenvalue weighted by atomic mass is 16.5. The Morgan fingerprint density at radius 1 is 1.56 bits per heavy atom. The maximum Gasteiger partial charge on any atom is 0.323 e. The Bertz CT molecular complexity index is 374. The lowest BCUT2D eigenvalue weighted by atomic mass is 10.2. The standard InChI is InChI=1S/C13H23N3O2/c1-5-18-13(17)12(15-10(2)3)7-9-16-11(4)6-8-14-16/h6,8,10,12,15H,5,7,9H2,1-4H3. The van der Waals surface area contributed by atoms with Gasteiger partial charge in [-0.1, -0.05) is 13.8 Å². The number of hydrogen-bond acceptors (Lipinski definition) is 4. The quantitative estimate of drug-likeness (QED) is 0.748. The van der Waals surface area contributed by atoms with Crippen LogP contribution in [0.5, 0.6) is 0 Å². The molecule has 102 valence electrons. The summed E-state index contributed by atoms with van der Waals surface area (Å²) < 4.78 is 6.97. The van der Waals surface area contributed by atoms with E-state index in [4.69, 9.17) is 4.74 Å². The Kier molecular flexibility index (Phi) is 5.85. The van der Waals surface area contributed by atoms with Crippen molar-refractivity contribution in [2.75, 3.05) is 6.61 Å². The first-order chi connectivity index (χ1) is 8.54. The Hall–Kier alpha value is -1.36. The van der Waals surface area contributed by atoms with Crippen molar-refractivity contribution in [1.29, 1.82) is 0 Å². The lowest BCUT2D eigenvalue weighted by Crippen LogP contribution is -2.42. The number of carbonyl (C=O) groups excluding carboxylic acids is 1. The predicted octanol–water partition coefficient (Wildman–Crippen LogP) is 1.51. The topological polar surface area (TPSA) is 56.2 Å². The maximum atomic E-state index is 11.8. The summed E-state index contributed by atoms with van der Waals surface area (Å²) >= 11 is 0. The van der Waals surface area contributed by atoms with Gasteiger partial charge in [0, 0.05) is 24.5 Å². The van der Waals surface area contributed by atoms with Crippen LogP contribution in [-0.2, 0) is 16.1 Å². The number of hydrogen-bond donors (Lipinski definition) is 1. The summed E-state index contributed by atoms with van der Waals surface area (Å²) in [4.78, 5) is 11.8. The lowest BCUT2D eigenvalue weighted by molar-refractivity contribution is -0.146. The SMILES string of the molecule is CCOC(=O)C(CCn1nccc1C)NC(C)C. The molecule has 0 saturated carbocycles. The Morgan fingerprint density at radius 2 is 2.28 bits per heavy atom. The second kappa shape index (κ2) is 7.16. The summed E-state index contributed by atoms with van der Waals surface area (Å²) in [5.74, 6) is -0.184. The van der Waals surface area contributed by atoms with E-state index < -0.39 is 0 Å². The molecule has 1 heterocycles. The van der Waals surface area contributed by atoms with Crippen LogP contribution in [0, 0.1) is 6.92 Å². The first-order valence-corrected chi connectivity index (χ1v) is 6.45. The summed E-state index contributed by atoms with van der Waals surface area (Å²) in [6, 6.07) is 1.93. The van der Waals surface area contributed by atoms with Gasteiger partial charge in [0.2, 0.25) is 0 Å². The molecule has 1 unspecified atom stereocenters. The highest BCUT2D eigenvalue weighted by Crippen LogP contribution is 2.03. The summed E-state index contributed by atoms with van der Waals surface area (Å²) in [6.45, 7) is 8.99. The van der Waals surface area contributed by atoms with Gasteiger partial charge in [0.15, 0.2) is 0 Å². The average molecular weight is 253 g/mol. The minimum atomic E-state index is -0.270. The van der Waals surface area contributed by atoms with Crippen LogP contribution in [0.3, 0.4) is 0 Å². The van der Waals surface area contributed by atoms with Crippen LogP contribution in [0.2, 0.25) is 0 Å². The lowest BCUT2D eigenvalue weighted by Gasteiger charge is -2.19. The molecule has 1 N–H and O–H groups in total. The number of aromatic nitrogens is 2. The van der Waals surface area contributed by atoms with Crippen molar-refractivity contribution in [3.05, 3.63) is 18.0 Å². The van der Waals surface area contributed by atoms with Crippen LogP contribution < -0.4 is 5.32 Å². The van der Waals surface area contributed by atoms with E-state index in [1.807, 2.05) is 38.4 Å². The normalized spacial score (nSPS) is 12.7. The molecule has 0 amide bonds. The number of aryl methyl sites for hydroxylation is 2. The summed E-state index contributed by atoms with van der Waals surface area (Å²) in [5, 5.41) is 7.44. The summed E-state index contributed by atoms with van der Waals surface area (Å²) in [5.41, 5.74) is 1.10. The minimum absolute atomic E-state index is 0.184. The number of ether oxygens (including phenoxy) is 1. The maximum absolute atomic E-state index is 11.8. The zero-order valence-corrected chi connectivity index (χ0v) is 11.6. The third-order valence-corrected chi connectivity index (χ3v) is 2.66. The van der Waals surface area contributed by atoms with Crippen LogP contribution in [0.1, 0.15) is 32.9 Å². The molecule has 0 aliphatic carbocycles. The molecule has 0 aliphatic rings. The van der Waals surface area contributed by atoms with Gasteiger partial charge in [-0.05, 0) is 26.3 Å². The molecule has 0 radical (unpaired) electrons. The molecule has 0 aromatic carbocycles. The Labute approximate surface area is 109 Å². The highest BCUT2D eigenvalue weighted by Gasteiger charge is 2.20. The smallest absolute Gasteiger partial charge is 0.323 e. The predicted molar refractivity (Wildman–Crippen MR) is 70.3 cm³/mol. The highest BCUT2D eigenvalue weighted by molar-refractivity contribution is 5.75. The van der Waals surface area contributed by atoms with E-state index in [0.29, 0.717) is 19.6 Å². The van der Waals surface area contributed by atoms with Crippen LogP contribution in [0.4, 0.5) is 0 Å². The largest absolute Gasteiger partial charge is 0.465 e. The van der Waals surface area contributed by atoms with Gasteiger partial charge >= 0.3 is 5.97 Å². The van der Waals surface area contributed by atoms with E-state index in [-0.39, 0.29) is 18.1 Å². The molecular weight excluding hydrogens is 230 g/mol.